The van der Waals surface area contributed by atoms with E-state index in [1.807, 2.05) is 0 Å². The number of nitrogens with two attached hydrogens (primary N) is 1. The number of hydrogen-bond acceptors (Lipinski definition) is 2. The lowest BCUT2D eigenvalue weighted by molar-refractivity contribution is 0.860. The van der Waals surface area contributed by atoms with Crippen LogP contribution in [0.2, 0.25) is 0 Å². The van der Waals surface area contributed by atoms with Crippen molar-refractivity contribution >= 4 is 5.69 Å². The molecule has 0 fully saturated rings. The van der Waals surface area contributed by atoms with Crippen molar-refractivity contribution in [1.29, 1.82) is 0 Å². The van der Waals surface area contributed by atoms with Crippen LogP contribution < -0.4 is 10.6 Å². The van der Waals surface area contributed by atoms with Gasteiger partial charge < -0.3 is 10.6 Å². The first kappa shape index (κ1) is 14.6. The van der Waals surface area contributed by atoms with E-state index in [0.29, 0.717) is 6.54 Å². The van der Waals surface area contributed by atoms with Gasteiger partial charge in [-0.1, -0.05) is 48.0 Å². The van der Waals surface area contributed by atoms with E-state index >= 15 is 0 Å². The van der Waals surface area contributed by atoms with Gasteiger partial charge in [-0.05, 0) is 43.5 Å². The Morgan fingerprint density at radius 3 is 2.45 bits per heavy atom. The quantitative estimate of drug-likeness (QED) is 0.872. The fraction of sp³-hybridized carbons (Fsp3) is 0.333. The first-order valence-electron chi connectivity index (χ1n) is 7.25. The highest BCUT2D eigenvalue weighted by atomic mass is 15.1. The molecule has 0 unspecified atom stereocenters. The molecule has 106 valence electrons. The summed E-state index contributed by atoms with van der Waals surface area (Å²) in [4.78, 5) is 2.33. The zero-order valence-electron chi connectivity index (χ0n) is 12.5. The molecule has 0 radical (unpaired) electrons. The Morgan fingerprint density at radius 2 is 1.75 bits per heavy atom. The summed E-state index contributed by atoms with van der Waals surface area (Å²) >= 11 is 0. The largest absolute Gasteiger partial charge is 0.374 e. The number of benzene rings is 2. The highest BCUT2D eigenvalue weighted by molar-refractivity contribution is 5.54. The van der Waals surface area contributed by atoms with Crippen LogP contribution in [0.5, 0.6) is 0 Å². The minimum atomic E-state index is 0.697. The van der Waals surface area contributed by atoms with Crippen molar-refractivity contribution < 1.29 is 0 Å². The Kier molecular flexibility index (Phi) is 5.19. The average Bonchev–Trinajstić information content (AvgIpc) is 2.46. The molecule has 2 N–H and O–H groups in total. The van der Waals surface area contributed by atoms with Crippen LogP contribution in [0.3, 0.4) is 0 Å². The van der Waals surface area contributed by atoms with Gasteiger partial charge >= 0.3 is 0 Å². The molecular weight excluding hydrogens is 244 g/mol. The van der Waals surface area contributed by atoms with Crippen molar-refractivity contribution in [3.05, 3.63) is 65.2 Å². The molecule has 20 heavy (non-hydrogen) atoms. The van der Waals surface area contributed by atoms with E-state index < -0.39 is 0 Å². The molecule has 0 bridgehead atoms. The molecule has 2 nitrogen and oxygen atoms in total. The van der Waals surface area contributed by atoms with Crippen LogP contribution in [0.25, 0.3) is 0 Å². The van der Waals surface area contributed by atoms with Crippen molar-refractivity contribution in [2.45, 2.75) is 19.8 Å². The highest BCUT2D eigenvalue weighted by Gasteiger charge is 2.07. The molecule has 0 amide bonds. The zero-order chi connectivity index (χ0) is 14.4. The van der Waals surface area contributed by atoms with Gasteiger partial charge in [-0.15, -0.1) is 0 Å². The van der Waals surface area contributed by atoms with Crippen LogP contribution in [0.1, 0.15) is 16.7 Å². The minimum absolute atomic E-state index is 0.697. The minimum Gasteiger partial charge on any atom is -0.374 e. The highest BCUT2D eigenvalue weighted by Crippen LogP contribution is 2.21. The fourth-order valence-corrected chi connectivity index (χ4v) is 2.50. The third kappa shape index (κ3) is 3.84. The molecule has 0 aromatic heterocycles. The number of rotatable bonds is 6. The lowest BCUT2D eigenvalue weighted by Crippen LogP contribution is -2.22. The van der Waals surface area contributed by atoms with E-state index in [9.17, 15) is 0 Å². The van der Waals surface area contributed by atoms with E-state index in [1.165, 1.54) is 22.4 Å². The molecule has 0 atom stereocenters. The molecule has 2 heteroatoms. The summed E-state index contributed by atoms with van der Waals surface area (Å²) in [5, 5.41) is 0. The second-order valence-electron chi connectivity index (χ2n) is 5.33. The first-order valence-corrected chi connectivity index (χ1v) is 7.25. The number of anilines is 1. The maximum atomic E-state index is 5.73. The zero-order valence-corrected chi connectivity index (χ0v) is 12.5. The van der Waals surface area contributed by atoms with Gasteiger partial charge in [0.15, 0.2) is 0 Å². The third-order valence-electron chi connectivity index (χ3n) is 3.64. The average molecular weight is 268 g/mol. The number of aryl methyl sites for hydroxylation is 1. The molecule has 0 saturated carbocycles. The van der Waals surface area contributed by atoms with Crippen LogP contribution in [-0.2, 0) is 12.8 Å². The van der Waals surface area contributed by atoms with E-state index in [0.717, 1.165) is 19.4 Å². The van der Waals surface area contributed by atoms with Gasteiger partial charge in [0.25, 0.3) is 0 Å². The van der Waals surface area contributed by atoms with Gasteiger partial charge in [-0.3, -0.25) is 0 Å². The fourth-order valence-electron chi connectivity index (χ4n) is 2.50. The van der Waals surface area contributed by atoms with Crippen molar-refractivity contribution in [3.8, 4) is 0 Å². The monoisotopic (exact) mass is 268 g/mol. The Bertz CT molecular complexity index is 534. The normalized spacial score (nSPS) is 10.6. The van der Waals surface area contributed by atoms with Gasteiger partial charge in [0.2, 0.25) is 0 Å². The SMILES string of the molecule is Cc1ccc(N(C)CCc2ccccc2)c(CCN)c1. The maximum absolute atomic E-state index is 5.73. The number of hydrogen-bond donors (Lipinski definition) is 1. The lowest BCUT2D eigenvalue weighted by Gasteiger charge is -2.23. The Hall–Kier alpha value is -1.80. The van der Waals surface area contributed by atoms with Gasteiger partial charge in [0, 0.05) is 19.3 Å². The van der Waals surface area contributed by atoms with Crippen LogP contribution in [0.15, 0.2) is 48.5 Å². The molecule has 0 aliphatic heterocycles. The van der Waals surface area contributed by atoms with Crippen LogP contribution in [0, 0.1) is 6.92 Å². The van der Waals surface area contributed by atoms with Crippen LogP contribution in [-0.4, -0.2) is 20.1 Å². The van der Waals surface area contributed by atoms with E-state index in [-0.39, 0.29) is 0 Å². The Labute approximate surface area is 122 Å². The van der Waals surface area contributed by atoms with Crippen LogP contribution >= 0.6 is 0 Å². The molecule has 0 heterocycles. The summed E-state index contributed by atoms with van der Waals surface area (Å²) in [7, 11) is 2.16. The second kappa shape index (κ2) is 7.11. The first-order chi connectivity index (χ1) is 9.70. The van der Waals surface area contributed by atoms with Crippen molar-refractivity contribution in [1.82, 2.24) is 0 Å². The summed E-state index contributed by atoms with van der Waals surface area (Å²) in [6.07, 6.45) is 2.00. The van der Waals surface area contributed by atoms with Crippen LogP contribution in [0.4, 0.5) is 5.69 Å². The predicted octanol–water partition coefficient (Wildman–Crippen LogP) is 3.18. The van der Waals surface area contributed by atoms with Gasteiger partial charge in [-0.2, -0.15) is 0 Å². The summed E-state index contributed by atoms with van der Waals surface area (Å²) < 4.78 is 0. The van der Waals surface area contributed by atoms with Gasteiger partial charge in [0.05, 0.1) is 0 Å². The Balaban J connectivity index is 2.06. The third-order valence-corrected chi connectivity index (χ3v) is 3.64. The summed E-state index contributed by atoms with van der Waals surface area (Å²) in [6, 6.07) is 17.3. The van der Waals surface area contributed by atoms with Crippen molar-refractivity contribution in [2.75, 3.05) is 25.0 Å². The molecule has 0 aliphatic carbocycles. The molecule has 2 rings (SSSR count). The molecule has 0 saturated heterocycles. The Morgan fingerprint density at radius 1 is 1.00 bits per heavy atom. The van der Waals surface area contributed by atoms with Gasteiger partial charge in [-0.25, -0.2) is 0 Å². The van der Waals surface area contributed by atoms with Gasteiger partial charge in [0.1, 0.15) is 0 Å². The predicted molar refractivity (Wildman–Crippen MR) is 87.4 cm³/mol. The van der Waals surface area contributed by atoms with E-state index in [4.69, 9.17) is 5.73 Å². The van der Waals surface area contributed by atoms with Crippen molar-refractivity contribution in [2.24, 2.45) is 5.73 Å². The molecule has 0 spiro atoms. The van der Waals surface area contributed by atoms with E-state index in [1.54, 1.807) is 0 Å². The molecule has 2 aromatic rings. The number of nitrogens with zero attached hydrogens (tertiary/aromatic N) is 1. The maximum Gasteiger partial charge on any atom is 0.0396 e. The summed E-state index contributed by atoms with van der Waals surface area (Å²) in [5.41, 5.74) is 11.1. The van der Waals surface area contributed by atoms with Crippen molar-refractivity contribution in [3.63, 3.8) is 0 Å². The molecule has 2 aromatic carbocycles. The second-order valence-corrected chi connectivity index (χ2v) is 5.33. The molecule has 0 aliphatic rings. The molecular formula is C18H24N2. The standard InChI is InChI=1S/C18H24N2/c1-15-8-9-18(17(14-15)10-12-19)20(2)13-11-16-6-4-3-5-7-16/h3-9,14H,10-13,19H2,1-2H3. The lowest BCUT2D eigenvalue weighted by atomic mass is 10.0. The summed E-state index contributed by atoms with van der Waals surface area (Å²) in [5.74, 6) is 0. The summed E-state index contributed by atoms with van der Waals surface area (Å²) in [6.45, 7) is 3.85. The van der Waals surface area contributed by atoms with E-state index in [2.05, 4.69) is 67.4 Å². The topological polar surface area (TPSA) is 29.3 Å². The smallest absolute Gasteiger partial charge is 0.0396 e. The number of likely N-dealkylation sites (N-methyl/N-ethyl adjacent to an activating group) is 1.